The smallest absolute Gasteiger partial charge is 0.0689 e. The SMILES string of the molecule is N#CC1(CCc2ccccc2)CCC1. The van der Waals surface area contributed by atoms with Crippen LogP contribution in [0.25, 0.3) is 0 Å². The van der Waals surface area contributed by atoms with Crippen molar-refractivity contribution >= 4 is 0 Å². The molecule has 1 aromatic carbocycles. The maximum Gasteiger partial charge on any atom is 0.0689 e. The molecular formula is C13H15N. The van der Waals surface area contributed by atoms with E-state index in [2.05, 4.69) is 30.3 Å². The van der Waals surface area contributed by atoms with Crippen molar-refractivity contribution in [2.45, 2.75) is 32.1 Å². The van der Waals surface area contributed by atoms with E-state index in [1.54, 1.807) is 0 Å². The Labute approximate surface area is 85.4 Å². The normalized spacial score (nSPS) is 18.2. The second kappa shape index (κ2) is 3.84. The fourth-order valence-electron chi connectivity index (χ4n) is 2.05. The van der Waals surface area contributed by atoms with Crippen LogP contribution in [0, 0.1) is 16.7 Å². The molecule has 72 valence electrons. The molecule has 0 atom stereocenters. The minimum Gasteiger partial charge on any atom is -0.198 e. The van der Waals surface area contributed by atoms with E-state index in [4.69, 9.17) is 5.26 Å². The van der Waals surface area contributed by atoms with E-state index >= 15 is 0 Å². The van der Waals surface area contributed by atoms with Gasteiger partial charge in [0, 0.05) is 0 Å². The highest BCUT2D eigenvalue weighted by Crippen LogP contribution is 2.43. The predicted octanol–water partition coefficient (Wildman–Crippen LogP) is 3.31. The van der Waals surface area contributed by atoms with Crippen molar-refractivity contribution in [1.29, 1.82) is 5.26 Å². The van der Waals surface area contributed by atoms with Gasteiger partial charge in [-0.25, -0.2) is 0 Å². The molecule has 1 aromatic rings. The number of hydrogen-bond acceptors (Lipinski definition) is 1. The van der Waals surface area contributed by atoms with Crippen molar-refractivity contribution in [3.8, 4) is 6.07 Å². The Morgan fingerprint density at radius 1 is 1.21 bits per heavy atom. The van der Waals surface area contributed by atoms with Gasteiger partial charge in [-0.3, -0.25) is 0 Å². The number of benzene rings is 1. The lowest BCUT2D eigenvalue weighted by molar-refractivity contribution is 0.198. The third-order valence-corrected chi connectivity index (χ3v) is 3.28. The lowest BCUT2D eigenvalue weighted by Crippen LogP contribution is -2.27. The van der Waals surface area contributed by atoms with Gasteiger partial charge in [-0.1, -0.05) is 36.8 Å². The minimum absolute atomic E-state index is 0.0237. The Bertz CT molecular complexity index is 330. The number of rotatable bonds is 3. The number of nitrogens with zero attached hydrogens (tertiary/aromatic N) is 1. The third kappa shape index (κ3) is 1.80. The average molecular weight is 185 g/mol. The molecule has 0 saturated heterocycles. The van der Waals surface area contributed by atoms with E-state index in [-0.39, 0.29) is 5.41 Å². The van der Waals surface area contributed by atoms with E-state index in [1.165, 1.54) is 12.0 Å². The van der Waals surface area contributed by atoms with Gasteiger partial charge in [0.05, 0.1) is 11.5 Å². The van der Waals surface area contributed by atoms with Crippen LogP contribution >= 0.6 is 0 Å². The zero-order valence-corrected chi connectivity index (χ0v) is 8.37. The maximum absolute atomic E-state index is 9.06. The molecule has 1 nitrogen and oxygen atoms in total. The Hall–Kier alpha value is -1.29. The molecule has 14 heavy (non-hydrogen) atoms. The van der Waals surface area contributed by atoms with E-state index in [0.29, 0.717) is 0 Å². The first-order chi connectivity index (χ1) is 6.85. The summed E-state index contributed by atoms with van der Waals surface area (Å²) in [5.74, 6) is 0. The Morgan fingerprint density at radius 3 is 2.43 bits per heavy atom. The summed E-state index contributed by atoms with van der Waals surface area (Å²) in [7, 11) is 0. The highest BCUT2D eigenvalue weighted by atomic mass is 14.4. The van der Waals surface area contributed by atoms with Crippen molar-refractivity contribution in [3.63, 3.8) is 0 Å². The lowest BCUT2D eigenvalue weighted by Gasteiger charge is -2.35. The molecule has 2 rings (SSSR count). The van der Waals surface area contributed by atoms with Gasteiger partial charge in [-0.2, -0.15) is 5.26 Å². The molecule has 0 unspecified atom stereocenters. The van der Waals surface area contributed by atoms with Gasteiger partial charge in [0.15, 0.2) is 0 Å². The summed E-state index contributed by atoms with van der Waals surface area (Å²) in [5, 5.41) is 9.06. The second-order valence-electron chi connectivity index (χ2n) is 4.23. The summed E-state index contributed by atoms with van der Waals surface area (Å²) in [6.45, 7) is 0. The highest BCUT2D eigenvalue weighted by Gasteiger charge is 2.36. The van der Waals surface area contributed by atoms with Crippen LogP contribution in [0.5, 0.6) is 0 Å². The second-order valence-corrected chi connectivity index (χ2v) is 4.23. The van der Waals surface area contributed by atoms with Crippen LogP contribution in [0.1, 0.15) is 31.2 Å². The van der Waals surface area contributed by atoms with E-state index in [0.717, 1.165) is 25.7 Å². The minimum atomic E-state index is 0.0237. The molecule has 1 fully saturated rings. The van der Waals surface area contributed by atoms with Gasteiger partial charge in [0.25, 0.3) is 0 Å². The summed E-state index contributed by atoms with van der Waals surface area (Å²) in [6.07, 6.45) is 5.54. The molecule has 1 heteroatoms. The fraction of sp³-hybridized carbons (Fsp3) is 0.462. The predicted molar refractivity (Wildman–Crippen MR) is 56.7 cm³/mol. The number of nitriles is 1. The van der Waals surface area contributed by atoms with Crippen LogP contribution in [0.4, 0.5) is 0 Å². The molecule has 0 spiro atoms. The molecule has 0 heterocycles. The molecule has 1 aliphatic carbocycles. The summed E-state index contributed by atoms with van der Waals surface area (Å²) in [4.78, 5) is 0. The number of hydrogen-bond donors (Lipinski definition) is 0. The van der Waals surface area contributed by atoms with Gasteiger partial charge in [-0.15, -0.1) is 0 Å². The van der Waals surface area contributed by atoms with Crippen LogP contribution in [-0.4, -0.2) is 0 Å². The van der Waals surface area contributed by atoms with Crippen molar-refractivity contribution in [2.24, 2.45) is 5.41 Å². The van der Waals surface area contributed by atoms with E-state index in [1.807, 2.05) is 6.07 Å². The fourth-order valence-corrected chi connectivity index (χ4v) is 2.05. The zero-order valence-electron chi connectivity index (χ0n) is 8.37. The van der Waals surface area contributed by atoms with Gasteiger partial charge < -0.3 is 0 Å². The summed E-state index contributed by atoms with van der Waals surface area (Å²) in [6, 6.07) is 12.9. The van der Waals surface area contributed by atoms with Crippen molar-refractivity contribution in [3.05, 3.63) is 35.9 Å². The monoisotopic (exact) mass is 185 g/mol. The first kappa shape index (κ1) is 9.27. The molecule has 0 radical (unpaired) electrons. The van der Waals surface area contributed by atoms with Crippen molar-refractivity contribution in [2.75, 3.05) is 0 Å². The van der Waals surface area contributed by atoms with E-state index in [9.17, 15) is 0 Å². The van der Waals surface area contributed by atoms with E-state index < -0.39 is 0 Å². The molecule has 0 aromatic heterocycles. The molecule has 1 aliphatic rings. The largest absolute Gasteiger partial charge is 0.198 e. The van der Waals surface area contributed by atoms with Crippen LogP contribution < -0.4 is 0 Å². The summed E-state index contributed by atoms with van der Waals surface area (Å²) < 4.78 is 0. The Morgan fingerprint density at radius 2 is 1.93 bits per heavy atom. The zero-order chi connectivity index (χ0) is 9.86. The Kier molecular flexibility index (Phi) is 2.54. The Balaban J connectivity index is 1.92. The van der Waals surface area contributed by atoms with Gasteiger partial charge in [0.1, 0.15) is 0 Å². The van der Waals surface area contributed by atoms with Crippen LogP contribution in [-0.2, 0) is 6.42 Å². The first-order valence-corrected chi connectivity index (χ1v) is 5.30. The molecule has 0 bridgehead atoms. The topological polar surface area (TPSA) is 23.8 Å². The average Bonchev–Trinajstić information content (AvgIpc) is 2.19. The van der Waals surface area contributed by atoms with Crippen LogP contribution in [0.15, 0.2) is 30.3 Å². The summed E-state index contributed by atoms with van der Waals surface area (Å²) >= 11 is 0. The van der Waals surface area contributed by atoms with Crippen LogP contribution in [0.2, 0.25) is 0 Å². The van der Waals surface area contributed by atoms with Crippen molar-refractivity contribution < 1.29 is 0 Å². The number of aryl methyl sites for hydroxylation is 1. The maximum atomic E-state index is 9.06. The third-order valence-electron chi connectivity index (χ3n) is 3.28. The summed E-state index contributed by atoms with van der Waals surface area (Å²) in [5.41, 5.74) is 1.38. The molecule has 0 aliphatic heterocycles. The van der Waals surface area contributed by atoms with Crippen molar-refractivity contribution in [1.82, 2.24) is 0 Å². The van der Waals surface area contributed by atoms with Crippen LogP contribution in [0.3, 0.4) is 0 Å². The molecule has 0 N–H and O–H groups in total. The first-order valence-electron chi connectivity index (χ1n) is 5.30. The molecule has 0 amide bonds. The quantitative estimate of drug-likeness (QED) is 0.708. The lowest BCUT2D eigenvalue weighted by atomic mass is 9.67. The molecule has 1 saturated carbocycles. The highest BCUT2D eigenvalue weighted by molar-refractivity contribution is 5.16. The van der Waals surface area contributed by atoms with Gasteiger partial charge in [0.2, 0.25) is 0 Å². The van der Waals surface area contributed by atoms with Gasteiger partial charge in [-0.05, 0) is 31.2 Å². The standard InChI is InChI=1S/C13H15N/c14-11-13(8-4-9-13)10-7-12-5-2-1-3-6-12/h1-3,5-6H,4,7-10H2. The van der Waals surface area contributed by atoms with Gasteiger partial charge >= 0.3 is 0 Å². The molecular weight excluding hydrogens is 170 g/mol.